The highest BCUT2D eigenvalue weighted by Crippen LogP contribution is 2.29. The molecule has 2 N–H and O–H groups in total. The highest BCUT2D eigenvalue weighted by atomic mass is 16.6. The zero-order valence-electron chi connectivity index (χ0n) is 11.4. The van der Waals surface area contributed by atoms with Crippen molar-refractivity contribution < 1.29 is 19.4 Å². The molecule has 1 unspecified atom stereocenters. The molecule has 1 fully saturated rings. The molecule has 0 spiro atoms. The molecule has 0 aromatic rings. The van der Waals surface area contributed by atoms with E-state index in [1.54, 1.807) is 20.8 Å². The van der Waals surface area contributed by atoms with Gasteiger partial charge in [-0.15, -0.1) is 0 Å². The van der Waals surface area contributed by atoms with Crippen molar-refractivity contribution in [1.82, 2.24) is 5.32 Å². The fraction of sp³-hybridized carbons (Fsp3) is 0.846. The smallest absolute Gasteiger partial charge is 0.407 e. The number of carbonyl (C=O) groups excluding carboxylic acids is 1. The Morgan fingerprint density at radius 2 is 1.89 bits per heavy atom. The lowest BCUT2D eigenvalue weighted by atomic mass is 9.79. The first-order chi connectivity index (χ1) is 8.29. The Kier molecular flexibility index (Phi) is 4.99. The predicted octanol–water partition coefficient (Wildman–Crippen LogP) is 2.40. The largest absolute Gasteiger partial charge is 0.481 e. The molecule has 5 heteroatoms. The van der Waals surface area contributed by atoms with Gasteiger partial charge >= 0.3 is 12.1 Å². The van der Waals surface area contributed by atoms with Crippen LogP contribution < -0.4 is 5.32 Å². The molecule has 0 aromatic heterocycles. The van der Waals surface area contributed by atoms with E-state index in [0.29, 0.717) is 13.0 Å². The topological polar surface area (TPSA) is 75.6 Å². The van der Waals surface area contributed by atoms with Crippen LogP contribution >= 0.6 is 0 Å². The van der Waals surface area contributed by atoms with Gasteiger partial charge in [0.15, 0.2) is 0 Å². The van der Waals surface area contributed by atoms with Gasteiger partial charge in [-0.1, -0.05) is 12.8 Å². The number of hydrogen-bond donors (Lipinski definition) is 2. The molecular weight excluding hydrogens is 234 g/mol. The lowest BCUT2D eigenvalue weighted by Gasteiger charge is -2.29. The van der Waals surface area contributed by atoms with E-state index in [1.165, 1.54) is 0 Å². The lowest BCUT2D eigenvalue weighted by Crippen LogP contribution is -2.39. The molecule has 0 aromatic carbocycles. The summed E-state index contributed by atoms with van der Waals surface area (Å²) in [6.07, 6.45) is 3.07. The van der Waals surface area contributed by atoms with Crippen LogP contribution in [0.1, 0.15) is 46.5 Å². The second-order valence-corrected chi connectivity index (χ2v) is 5.87. The number of ether oxygens (including phenoxy) is 1. The number of aliphatic carboxylic acids is 1. The first kappa shape index (κ1) is 14.8. The zero-order chi connectivity index (χ0) is 13.8. The number of amides is 1. The van der Waals surface area contributed by atoms with Gasteiger partial charge in [0.1, 0.15) is 5.60 Å². The first-order valence-corrected chi connectivity index (χ1v) is 6.49. The van der Waals surface area contributed by atoms with Gasteiger partial charge in [-0.25, -0.2) is 4.79 Å². The quantitative estimate of drug-likeness (QED) is 0.814. The van der Waals surface area contributed by atoms with Crippen LogP contribution in [0.3, 0.4) is 0 Å². The molecule has 0 heterocycles. The van der Waals surface area contributed by atoms with Gasteiger partial charge in [0.25, 0.3) is 0 Å². The van der Waals surface area contributed by atoms with Gasteiger partial charge in [0, 0.05) is 6.54 Å². The number of nitrogens with one attached hydrogen (secondary N) is 1. The van der Waals surface area contributed by atoms with Crippen LogP contribution in [0, 0.1) is 11.8 Å². The molecular formula is C13H23NO4. The number of carbonyl (C=O) groups is 2. The Morgan fingerprint density at radius 1 is 1.28 bits per heavy atom. The summed E-state index contributed by atoms with van der Waals surface area (Å²) < 4.78 is 5.13. The lowest BCUT2D eigenvalue weighted by molar-refractivity contribution is -0.144. The monoisotopic (exact) mass is 257 g/mol. The summed E-state index contributed by atoms with van der Waals surface area (Å²) in [7, 11) is 0. The average molecular weight is 257 g/mol. The van der Waals surface area contributed by atoms with Crippen molar-refractivity contribution in [3.63, 3.8) is 0 Å². The fourth-order valence-corrected chi connectivity index (χ4v) is 2.31. The predicted molar refractivity (Wildman–Crippen MR) is 67.3 cm³/mol. The van der Waals surface area contributed by atoms with Gasteiger partial charge in [0.2, 0.25) is 0 Å². The van der Waals surface area contributed by atoms with Gasteiger partial charge in [-0.2, -0.15) is 0 Å². The molecule has 5 nitrogen and oxygen atoms in total. The summed E-state index contributed by atoms with van der Waals surface area (Å²) in [5.41, 5.74) is -0.525. The molecule has 0 saturated heterocycles. The van der Waals surface area contributed by atoms with Crippen LogP contribution in [-0.4, -0.2) is 29.3 Å². The Bertz CT molecular complexity index is 309. The van der Waals surface area contributed by atoms with Crippen LogP contribution in [0.15, 0.2) is 0 Å². The normalized spacial score (nSPS) is 24.4. The van der Waals surface area contributed by atoms with Crippen LogP contribution in [0.4, 0.5) is 4.79 Å². The number of alkyl carbamates (subject to hydrolysis) is 1. The fourth-order valence-electron chi connectivity index (χ4n) is 2.31. The summed E-state index contributed by atoms with van der Waals surface area (Å²) in [4.78, 5) is 22.6. The Labute approximate surface area is 108 Å². The molecule has 1 amide bonds. The van der Waals surface area contributed by atoms with E-state index < -0.39 is 17.7 Å². The Hall–Kier alpha value is -1.26. The number of carboxylic acids is 1. The molecule has 1 aliphatic rings. The molecule has 1 saturated carbocycles. The molecule has 2 atom stereocenters. The maximum absolute atomic E-state index is 11.5. The molecule has 0 aliphatic heterocycles. The van der Waals surface area contributed by atoms with Crippen LogP contribution in [0.2, 0.25) is 0 Å². The minimum absolute atomic E-state index is 0.0174. The summed E-state index contributed by atoms with van der Waals surface area (Å²) >= 11 is 0. The molecule has 0 radical (unpaired) electrons. The average Bonchev–Trinajstić information content (AvgIpc) is 2.24. The molecule has 18 heavy (non-hydrogen) atoms. The van der Waals surface area contributed by atoms with Crippen molar-refractivity contribution in [2.45, 2.75) is 52.1 Å². The van der Waals surface area contributed by atoms with E-state index in [4.69, 9.17) is 9.84 Å². The minimum atomic E-state index is -0.759. The van der Waals surface area contributed by atoms with Crippen molar-refractivity contribution in [3.05, 3.63) is 0 Å². The SMILES string of the molecule is CC(C)(C)OC(=O)NC[C@@H]1CCCCC1C(=O)O. The van der Waals surface area contributed by atoms with Crippen LogP contribution in [0.25, 0.3) is 0 Å². The maximum Gasteiger partial charge on any atom is 0.407 e. The summed E-state index contributed by atoms with van der Waals surface area (Å²) in [6.45, 7) is 5.78. The number of rotatable bonds is 3. The molecule has 1 aliphatic carbocycles. The number of carboxylic acid groups (broad SMARTS) is 1. The maximum atomic E-state index is 11.5. The summed E-state index contributed by atoms with van der Waals surface area (Å²) in [6, 6.07) is 0. The third-order valence-electron chi connectivity index (χ3n) is 3.13. The number of hydrogen-bond acceptors (Lipinski definition) is 3. The third-order valence-corrected chi connectivity index (χ3v) is 3.13. The van der Waals surface area contributed by atoms with Crippen molar-refractivity contribution in [1.29, 1.82) is 0 Å². The third kappa shape index (κ3) is 4.94. The standard InChI is InChI=1S/C13H23NO4/c1-13(2,3)18-12(17)14-8-9-6-4-5-7-10(9)11(15)16/h9-10H,4-8H2,1-3H3,(H,14,17)(H,15,16)/t9-,10?/m0/s1. The van der Waals surface area contributed by atoms with Crippen LogP contribution in [0.5, 0.6) is 0 Å². The van der Waals surface area contributed by atoms with E-state index >= 15 is 0 Å². The second kappa shape index (κ2) is 6.07. The van der Waals surface area contributed by atoms with Gasteiger partial charge in [-0.05, 0) is 39.5 Å². The summed E-state index contributed by atoms with van der Waals surface area (Å²) in [5.74, 6) is -1.08. The Morgan fingerprint density at radius 3 is 2.44 bits per heavy atom. The highest BCUT2D eigenvalue weighted by molar-refractivity contribution is 5.71. The van der Waals surface area contributed by atoms with Crippen molar-refractivity contribution in [2.24, 2.45) is 11.8 Å². The van der Waals surface area contributed by atoms with E-state index in [0.717, 1.165) is 19.3 Å². The Balaban J connectivity index is 2.41. The van der Waals surface area contributed by atoms with Gasteiger partial charge < -0.3 is 15.2 Å². The second-order valence-electron chi connectivity index (χ2n) is 5.87. The molecule has 104 valence electrons. The highest BCUT2D eigenvalue weighted by Gasteiger charge is 2.31. The van der Waals surface area contributed by atoms with Crippen molar-refractivity contribution >= 4 is 12.1 Å². The van der Waals surface area contributed by atoms with Gasteiger partial charge in [0.05, 0.1) is 5.92 Å². The molecule has 0 bridgehead atoms. The van der Waals surface area contributed by atoms with Crippen molar-refractivity contribution in [2.75, 3.05) is 6.54 Å². The zero-order valence-corrected chi connectivity index (χ0v) is 11.4. The first-order valence-electron chi connectivity index (χ1n) is 6.49. The molecule has 1 rings (SSSR count). The minimum Gasteiger partial charge on any atom is -0.481 e. The van der Waals surface area contributed by atoms with E-state index in [-0.39, 0.29) is 11.8 Å². The van der Waals surface area contributed by atoms with Crippen LogP contribution in [-0.2, 0) is 9.53 Å². The van der Waals surface area contributed by atoms with Crippen molar-refractivity contribution in [3.8, 4) is 0 Å². The van der Waals surface area contributed by atoms with E-state index in [1.807, 2.05) is 0 Å². The van der Waals surface area contributed by atoms with E-state index in [2.05, 4.69) is 5.32 Å². The van der Waals surface area contributed by atoms with Gasteiger partial charge in [-0.3, -0.25) is 4.79 Å². The van der Waals surface area contributed by atoms with E-state index in [9.17, 15) is 9.59 Å². The summed E-state index contributed by atoms with van der Waals surface area (Å²) in [5, 5.41) is 11.8.